The van der Waals surface area contributed by atoms with Crippen molar-refractivity contribution in [3.8, 4) is 0 Å². The Kier molecular flexibility index (Phi) is 6.21. The second-order valence-electron chi connectivity index (χ2n) is 6.22. The summed E-state index contributed by atoms with van der Waals surface area (Å²) in [6, 6.07) is 5.10. The lowest BCUT2D eigenvalue weighted by atomic mass is 9.89. The maximum Gasteiger partial charge on any atom is 0.251 e. The zero-order chi connectivity index (χ0) is 14.7. The molecule has 3 nitrogen and oxygen atoms in total. The van der Waals surface area contributed by atoms with Gasteiger partial charge in [0.05, 0.1) is 0 Å². The van der Waals surface area contributed by atoms with Gasteiger partial charge in [0.25, 0.3) is 5.91 Å². The SMILES string of the molecule is Cl.O=C(NC1CCCC1)c1ccc(F)c(C2CCNCC2)c1. The van der Waals surface area contributed by atoms with Gasteiger partial charge in [-0.3, -0.25) is 4.79 Å². The molecule has 1 aliphatic carbocycles. The molecule has 2 aliphatic rings. The van der Waals surface area contributed by atoms with Crippen molar-refractivity contribution in [2.75, 3.05) is 13.1 Å². The predicted molar refractivity (Wildman–Crippen MR) is 88.2 cm³/mol. The quantitative estimate of drug-likeness (QED) is 0.894. The first-order valence-electron chi connectivity index (χ1n) is 8.05. The Morgan fingerprint density at radius 2 is 1.82 bits per heavy atom. The molecule has 122 valence electrons. The molecule has 3 rings (SSSR count). The second-order valence-corrected chi connectivity index (χ2v) is 6.22. The van der Waals surface area contributed by atoms with Gasteiger partial charge < -0.3 is 10.6 Å². The largest absolute Gasteiger partial charge is 0.349 e. The monoisotopic (exact) mass is 326 g/mol. The van der Waals surface area contributed by atoms with Crippen molar-refractivity contribution in [3.05, 3.63) is 35.1 Å². The van der Waals surface area contributed by atoms with Crippen LogP contribution in [0.1, 0.15) is 60.4 Å². The smallest absolute Gasteiger partial charge is 0.251 e. The summed E-state index contributed by atoms with van der Waals surface area (Å²) in [5, 5.41) is 6.36. The van der Waals surface area contributed by atoms with Crippen LogP contribution < -0.4 is 10.6 Å². The topological polar surface area (TPSA) is 41.1 Å². The van der Waals surface area contributed by atoms with Crippen molar-refractivity contribution in [1.29, 1.82) is 0 Å². The third kappa shape index (κ3) is 3.99. The first kappa shape index (κ1) is 17.2. The van der Waals surface area contributed by atoms with Crippen LogP contribution >= 0.6 is 12.4 Å². The van der Waals surface area contributed by atoms with Crippen molar-refractivity contribution in [1.82, 2.24) is 10.6 Å². The second kappa shape index (κ2) is 7.93. The Bertz CT molecular complexity index is 511. The van der Waals surface area contributed by atoms with Crippen LogP contribution in [-0.2, 0) is 0 Å². The molecular weight excluding hydrogens is 303 g/mol. The predicted octanol–water partition coefficient (Wildman–Crippen LogP) is 3.39. The molecule has 22 heavy (non-hydrogen) atoms. The van der Waals surface area contributed by atoms with Crippen LogP contribution in [-0.4, -0.2) is 25.0 Å². The lowest BCUT2D eigenvalue weighted by Gasteiger charge is -2.24. The van der Waals surface area contributed by atoms with Crippen LogP contribution in [0.25, 0.3) is 0 Å². The lowest BCUT2D eigenvalue weighted by Crippen LogP contribution is -2.32. The van der Waals surface area contributed by atoms with Crippen LogP contribution in [0.5, 0.6) is 0 Å². The summed E-state index contributed by atoms with van der Waals surface area (Å²) >= 11 is 0. The number of hydrogen-bond acceptors (Lipinski definition) is 2. The van der Waals surface area contributed by atoms with Gasteiger partial charge in [-0.05, 0) is 68.5 Å². The van der Waals surface area contributed by atoms with E-state index < -0.39 is 0 Å². The van der Waals surface area contributed by atoms with E-state index in [1.54, 1.807) is 12.1 Å². The number of amides is 1. The van der Waals surface area contributed by atoms with E-state index in [0.29, 0.717) is 17.2 Å². The molecule has 1 aromatic carbocycles. The molecule has 2 fully saturated rings. The number of piperidine rings is 1. The maximum absolute atomic E-state index is 14.1. The Labute approximate surface area is 137 Å². The number of rotatable bonds is 3. The highest BCUT2D eigenvalue weighted by Gasteiger charge is 2.22. The summed E-state index contributed by atoms with van der Waals surface area (Å²) in [6.07, 6.45) is 6.38. The minimum absolute atomic E-state index is 0. The third-order valence-corrected chi connectivity index (χ3v) is 4.73. The number of hydrogen-bond donors (Lipinski definition) is 2. The Morgan fingerprint density at radius 3 is 2.50 bits per heavy atom. The van der Waals surface area contributed by atoms with Gasteiger partial charge in [0.2, 0.25) is 0 Å². The number of carbonyl (C=O) groups is 1. The summed E-state index contributed by atoms with van der Waals surface area (Å²) in [7, 11) is 0. The fourth-order valence-corrected chi connectivity index (χ4v) is 3.47. The third-order valence-electron chi connectivity index (χ3n) is 4.73. The van der Waals surface area contributed by atoms with E-state index >= 15 is 0 Å². The molecule has 0 radical (unpaired) electrons. The van der Waals surface area contributed by atoms with Gasteiger partial charge in [-0.25, -0.2) is 4.39 Å². The molecule has 1 saturated heterocycles. The zero-order valence-electron chi connectivity index (χ0n) is 12.7. The molecule has 1 heterocycles. The molecule has 1 amide bonds. The Balaban J connectivity index is 0.00000176. The van der Waals surface area contributed by atoms with Gasteiger partial charge >= 0.3 is 0 Å². The van der Waals surface area contributed by atoms with Gasteiger partial charge in [-0.1, -0.05) is 12.8 Å². The van der Waals surface area contributed by atoms with E-state index in [-0.39, 0.29) is 30.0 Å². The maximum atomic E-state index is 14.1. The number of benzene rings is 1. The zero-order valence-corrected chi connectivity index (χ0v) is 13.6. The fraction of sp³-hybridized carbons (Fsp3) is 0.588. The molecule has 0 aromatic heterocycles. The van der Waals surface area contributed by atoms with E-state index in [1.807, 2.05) is 0 Å². The van der Waals surface area contributed by atoms with Crippen LogP contribution in [0, 0.1) is 5.82 Å². The van der Waals surface area contributed by atoms with Gasteiger partial charge in [-0.2, -0.15) is 0 Å². The molecule has 2 N–H and O–H groups in total. The number of carbonyl (C=O) groups excluding carboxylic acids is 1. The van der Waals surface area contributed by atoms with Crippen LogP contribution in [0.15, 0.2) is 18.2 Å². The average Bonchev–Trinajstić information content (AvgIpc) is 3.01. The van der Waals surface area contributed by atoms with E-state index in [2.05, 4.69) is 10.6 Å². The lowest BCUT2D eigenvalue weighted by molar-refractivity contribution is 0.0937. The fourth-order valence-electron chi connectivity index (χ4n) is 3.47. The standard InChI is InChI=1S/C17H23FN2O.ClH/c18-16-6-5-13(17(21)20-14-3-1-2-4-14)11-15(16)12-7-9-19-10-8-12;/h5-6,11-12,14,19H,1-4,7-10H2,(H,20,21);1H. The minimum Gasteiger partial charge on any atom is -0.349 e. The molecule has 1 saturated carbocycles. The highest BCUT2D eigenvalue weighted by atomic mass is 35.5. The Hall–Kier alpha value is -1.13. The van der Waals surface area contributed by atoms with E-state index in [1.165, 1.54) is 18.9 Å². The highest BCUT2D eigenvalue weighted by Crippen LogP contribution is 2.28. The first-order chi connectivity index (χ1) is 10.2. The van der Waals surface area contributed by atoms with Crippen molar-refractivity contribution >= 4 is 18.3 Å². The van der Waals surface area contributed by atoms with Crippen LogP contribution in [0.3, 0.4) is 0 Å². The number of nitrogens with one attached hydrogen (secondary N) is 2. The van der Waals surface area contributed by atoms with Gasteiger partial charge in [0.1, 0.15) is 5.82 Å². The van der Waals surface area contributed by atoms with E-state index in [9.17, 15) is 9.18 Å². The van der Waals surface area contributed by atoms with Crippen molar-refractivity contribution in [2.45, 2.75) is 50.5 Å². The van der Waals surface area contributed by atoms with Crippen molar-refractivity contribution < 1.29 is 9.18 Å². The first-order valence-corrected chi connectivity index (χ1v) is 8.05. The summed E-state index contributed by atoms with van der Waals surface area (Å²) in [5.41, 5.74) is 1.30. The van der Waals surface area contributed by atoms with Crippen LogP contribution in [0.4, 0.5) is 4.39 Å². The molecule has 0 bridgehead atoms. The molecular formula is C17H24ClFN2O. The molecule has 0 atom stereocenters. The molecule has 0 unspecified atom stereocenters. The van der Waals surface area contributed by atoms with E-state index in [4.69, 9.17) is 0 Å². The van der Waals surface area contributed by atoms with Crippen molar-refractivity contribution in [2.24, 2.45) is 0 Å². The molecule has 1 aliphatic heterocycles. The Morgan fingerprint density at radius 1 is 1.14 bits per heavy atom. The molecule has 5 heteroatoms. The van der Waals surface area contributed by atoms with Gasteiger partial charge in [-0.15, -0.1) is 12.4 Å². The van der Waals surface area contributed by atoms with E-state index in [0.717, 1.165) is 38.8 Å². The highest BCUT2D eigenvalue weighted by molar-refractivity contribution is 5.94. The molecule has 0 spiro atoms. The summed E-state index contributed by atoms with van der Waals surface area (Å²) in [5.74, 6) is -0.0121. The summed E-state index contributed by atoms with van der Waals surface area (Å²) < 4.78 is 14.1. The van der Waals surface area contributed by atoms with Crippen molar-refractivity contribution in [3.63, 3.8) is 0 Å². The summed E-state index contributed by atoms with van der Waals surface area (Å²) in [4.78, 5) is 12.3. The summed E-state index contributed by atoms with van der Waals surface area (Å²) in [6.45, 7) is 1.84. The number of halogens is 2. The minimum atomic E-state index is -0.181. The van der Waals surface area contributed by atoms with Gasteiger partial charge in [0.15, 0.2) is 0 Å². The van der Waals surface area contributed by atoms with Gasteiger partial charge in [0, 0.05) is 11.6 Å². The average molecular weight is 327 g/mol. The molecule has 1 aromatic rings. The van der Waals surface area contributed by atoms with Crippen LogP contribution in [0.2, 0.25) is 0 Å². The normalized spacial score (nSPS) is 19.7.